The minimum atomic E-state index is -0.162. The molecule has 0 aromatic heterocycles. The van der Waals surface area contributed by atoms with Gasteiger partial charge in [-0.3, -0.25) is 4.79 Å². The lowest BCUT2D eigenvalue weighted by atomic mass is 10.1. The van der Waals surface area contributed by atoms with Crippen molar-refractivity contribution in [1.82, 2.24) is 4.90 Å². The molecule has 1 aromatic carbocycles. The number of amidine groups is 1. The number of amides is 1. The Hall–Kier alpha value is -2.04. The molecule has 5 nitrogen and oxygen atoms in total. The molecule has 0 unspecified atom stereocenters. The van der Waals surface area contributed by atoms with Crippen LogP contribution in [0.2, 0.25) is 0 Å². The summed E-state index contributed by atoms with van der Waals surface area (Å²) in [6.07, 6.45) is 2.32. The predicted molar refractivity (Wildman–Crippen MR) is 70.7 cm³/mol. The summed E-state index contributed by atoms with van der Waals surface area (Å²) in [6, 6.07) is 8.42. The standard InChI is InChI=1S/C14H17N3O2/c15-14(16-19)10-7-13(18)17(8-10)12-6-5-9-3-1-2-4-11(9)12/h1-4,10,12,19H,5-8H2,(H2,15,16)/t10-,12-/m1/s1. The number of oxime groups is 1. The minimum absolute atomic E-state index is 0.0957. The fourth-order valence-corrected chi connectivity index (χ4v) is 3.17. The molecular weight excluding hydrogens is 242 g/mol. The highest BCUT2D eigenvalue weighted by molar-refractivity contribution is 5.91. The average Bonchev–Trinajstić information content (AvgIpc) is 3.01. The first-order valence-electron chi connectivity index (χ1n) is 6.55. The van der Waals surface area contributed by atoms with Crippen LogP contribution in [-0.2, 0) is 11.2 Å². The number of fused-ring (bicyclic) bond motifs is 1. The van der Waals surface area contributed by atoms with Gasteiger partial charge in [0.25, 0.3) is 0 Å². The summed E-state index contributed by atoms with van der Waals surface area (Å²) in [7, 11) is 0. The van der Waals surface area contributed by atoms with Crippen molar-refractivity contribution in [2.75, 3.05) is 6.54 Å². The van der Waals surface area contributed by atoms with Crippen molar-refractivity contribution in [2.24, 2.45) is 16.8 Å². The predicted octanol–water partition coefficient (Wildman–Crippen LogP) is 1.27. The Morgan fingerprint density at radius 3 is 3.00 bits per heavy atom. The van der Waals surface area contributed by atoms with Crippen LogP contribution < -0.4 is 5.73 Å². The molecule has 0 radical (unpaired) electrons. The molecule has 5 heteroatoms. The zero-order valence-corrected chi connectivity index (χ0v) is 10.6. The van der Waals surface area contributed by atoms with Crippen molar-refractivity contribution in [1.29, 1.82) is 0 Å². The van der Waals surface area contributed by atoms with Gasteiger partial charge in [-0.25, -0.2) is 0 Å². The van der Waals surface area contributed by atoms with Crippen LogP contribution in [0.4, 0.5) is 0 Å². The molecule has 1 heterocycles. The lowest BCUT2D eigenvalue weighted by Gasteiger charge is -2.25. The van der Waals surface area contributed by atoms with Crippen molar-refractivity contribution in [2.45, 2.75) is 25.3 Å². The fourth-order valence-electron chi connectivity index (χ4n) is 3.17. The number of carbonyl (C=O) groups excluding carboxylic acids is 1. The zero-order chi connectivity index (χ0) is 13.4. The molecule has 1 aliphatic heterocycles. The number of hydrogen-bond acceptors (Lipinski definition) is 3. The summed E-state index contributed by atoms with van der Waals surface area (Å²) in [4.78, 5) is 14.0. The van der Waals surface area contributed by atoms with Crippen LogP contribution >= 0.6 is 0 Å². The molecule has 0 bridgehead atoms. The number of carbonyl (C=O) groups is 1. The number of nitrogens with two attached hydrogens (primary N) is 1. The monoisotopic (exact) mass is 259 g/mol. The molecule has 100 valence electrons. The number of nitrogens with zero attached hydrogens (tertiary/aromatic N) is 2. The smallest absolute Gasteiger partial charge is 0.223 e. The van der Waals surface area contributed by atoms with E-state index in [1.165, 1.54) is 11.1 Å². The van der Waals surface area contributed by atoms with Gasteiger partial charge < -0.3 is 15.8 Å². The first-order valence-corrected chi connectivity index (χ1v) is 6.55. The van der Waals surface area contributed by atoms with Gasteiger partial charge in [0.2, 0.25) is 5.91 Å². The zero-order valence-electron chi connectivity index (χ0n) is 10.6. The molecule has 2 aliphatic rings. The molecule has 19 heavy (non-hydrogen) atoms. The first kappa shape index (κ1) is 12.0. The third-order valence-corrected chi connectivity index (χ3v) is 4.17. The topological polar surface area (TPSA) is 78.9 Å². The van der Waals surface area contributed by atoms with Gasteiger partial charge in [0, 0.05) is 18.9 Å². The summed E-state index contributed by atoms with van der Waals surface area (Å²) in [5, 5.41) is 11.7. The van der Waals surface area contributed by atoms with Gasteiger partial charge in [-0.2, -0.15) is 0 Å². The maximum Gasteiger partial charge on any atom is 0.223 e. The van der Waals surface area contributed by atoms with E-state index in [9.17, 15) is 4.79 Å². The highest BCUT2D eigenvalue weighted by atomic mass is 16.4. The Bertz CT molecular complexity index is 541. The minimum Gasteiger partial charge on any atom is -0.409 e. The molecule has 1 aromatic rings. The van der Waals surface area contributed by atoms with E-state index in [1.807, 2.05) is 17.0 Å². The van der Waals surface area contributed by atoms with Crippen LogP contribution in [0.1, 0.15) is 30.0 Å². The molecule has 1 amide bonds. The molecule has 1 aliphatic carbocycles. The molecule has 0 saturated carbocycles. The summed E-state index contributed by atoms with van der Waals surface area (Å²) in [5.41, 5.74) is 8.19. The van der Waals surface area contributed by atoms with Crippen molar-refractivity contribution < 1.29 is 10.0 Å². The van der Waals surface area contributed by atoms with Crippen molar-refractivity contribution in [3.63, 3.8) is 0 Å². The quantitative estimate of drug-likeness (QED) is 0.363. The van der Waals surface area contributed by atoms with Gasteiger partial charge in [0.15, 0.2) is 0 Å². The van der Waals surface area contributed by atoms with Gasteiger partial charge in [-0.05, 0) is 24.0 Å². The molecule has 3 rings (SSSR count). The fraction of sp³-hybridized carbons (Fsp3) is 0.429. The Morgan fingerprint density at radius 2 is 2.21 bits per heavy atom. The second kappa shape index (κ2) is 4.57. The summed E-state index contributed by atoms with van der Waals surface area (Å²) in [6.45, 7) is 0.549. The Labute approximate surface area is 111 Å². The third-order valence-electron chi connectivity index (χ3n) is 4.17. The molecule has 3 N–H and O–H groups in total. The lowest BCUT2D eigenvalue weighted by Crippen LogP contribution is -2.31. The van der Waals surface area contributed by atoms with E-state index in [2.05, 4.69) is 17.3 Å². The number of aryl methyl sites for hydroxylation is 1. The van der Waals surface area contributed by atoms with Gasteiger partial charge in [0.05, 0.1) is 6.04 Å². The molecule has 1 fully saturated rings. The van der Waals surface area contributed by atoms with E-state index >= 15 is 0 Å². The maximum atomic E-state index is 12.1. The van der Waals surface area contributed by atoms with E-state index in [4.69, 9.17) is 10.9 Å². The van der Waals surface area contributed by atoms with Crippen molar-refractivity contribution >= 4 is 11.7 Å². The second-order valence-electron chi connectivity index (χ2n) is 5.23. The van der Waals surface area contributed by atoms with E-state index in [0.29, 0.717) is 13.0 Å². The molecule has 0 spiro atoms. The van der Waals surface area contributed by atoms with E-state index in [0.717, 1.165) is 12.8 Å². The highest BCUT2D eigenvalue weighted by Gasteiger charge is 2.39. The van der Waals surface area contributed by atoms with Crippen LogP contribution in [0, 0.1) is 5.92 Å². The summed E-state index contributed by atoms with van der Waals surface area (Å²) >= 11 is 0. The number of benzene rings is 1. The van der Waals surface area contributed by atoms with Gasteiger partial charge in [-0.1, -0.05) is 29.4 Å². The van der Waals surface area contributed by atoms with Crippen LogP contribution in [-0.4, -0.2) is 28.4 Å². The Balaban J connectivity index is 1.83. The maximum absolute atomic E-state index is 12.1. The lowest BCUT2D eigenvalue weighted by molar-refractivity contribution is -0.129. The normalized spacial score (nSPS) is 26.8. The Kier molecular flexibility index (Phi) is 2.89. The second-order valence-corrected chi connectivity index (χ2v) is 5.23. The van der Waals surface area contributed by atoms with Crippen LogP contribution in [0.3, 0.4) is 0 Å². The average molecular weight is 259 g/mol. The van der Waals surface area contributed by atoms with Crippen molar-refractivity contribution in [3.8, 4) is 0 Å². The van der Waals surface area contributed by atoms with Crippen LogP contribution in [0.25, 0.3) is 0 Å². The largest absolute Gasteiger partial charge is 0.409 e. The SMILES string of the molecule is N/C(=N/O)[C@@H]1CC(=O)N([C@@H]2CCc3ccccc32)C1. The molecule has 1 saturated heterocycles. The molecular formula is C14H17N3O2. The van der Waals surface area contributed by atoms with Crippen LogP contribution in [0.5, 0.6) is 0 Å². The van der Waals surface area contributed by atoms with Gasteiger partial charge in [-0.15, -0.1) is 0 Å². The van der Waals surface area contributed by atoms with Crippen molar-refractivity contribution in [3.05, 3.63) is 35.4 Å². The van der Waals surface area contributed by atoms with E-state index < -0.39 is 0 Å². The number of hydrogen-bond donors (Lipinski definition) is 2. The van der Waals surface area contributed by atoms with E-state index in [-0.39, 0.29) is 23.7 Å². The summed E-state index contributed by atoms with van der Waals surface area (Å²) in [5.74, 6) is 0.0886. The van der Waals surface area contributed by atoms with Gasteiger partial charge in [0.1, 0.15) is 5.84 Å². The number of likely N-dealkylation sites (tertiary alicyclic amines) is 1. The third kappa shape index (κ3) is 1.95. The van der Waals surface area contributed by atoms with Crippen LogP contribution in [0.15, 0.2) is 29.4 Å². The van der Waals surface area contributed by atoms with E-state index in [1.54, 1.807) is 0 Å². The first-order chi connectivity index (χ1) is 9.20. The molecule has 2 atom stereocenters. The van der Waals surface area contributed by atoms with Gasteiger partial charge >= 0.3 is 0 Å². The highest BCUT2D eigenvalue weighted by Crippen LogP contribution is 2.38. The Morgan fingerprint density at radius 1 is 1.42 bits per heavy atom. The summed E-state index contributed by atoms with van der Waals surface area (Å²) < 4.78 is 0. The number of rotatable bonds is 2.